The number of benzene rings is 2. The first-order valence-corrected chi connectivity index (χ1v) is 13.2. The molecule has 34 heavy (non-hydrogen) atoms. The van der Waals surface area contributed by atoms with Crippen LogP contribution in [-0.4, -0.2) is 36.3 Å². The molecule has 0 spiro atoms. The van der Waals surface area contributed by atoms with E-state index in [2.05, 4.69) is 5.32 Å². The highest BCUT2D eigenvalue weighted by molar-refractivity contribution is 7.91. The summed E-state index contributed by atoms with van der Waals surface area (Å²) in [6.45, 7) is 1.78. The molecule has 2 aliphatic rings. The zero-order valence-electron chi connectivity index (χ0n) is 19.1. The third kappa shape index (κ3) is 5.04. The van der Waals surface area contributed by atoms with Crippen molar-refractivity contribution in [1.82, 2.24) is 0 Å². The Kier molecular flexibility index (Phi) is 6.84. The highest BCUT2D eigenvalue weighted by Crippen LogP contribution is 2.42. The van der Waals surface area contributed by atoms with E-state index < -0.39 is 21.7 Å². The van der Waals surface area contributed by atoms with Crippen LogP contribution < -0.4 is 10.1 Å². The number of ether oxygens (including phenoxy) is 1. The maximum Gasteiger partial charge on any atom is 0.394 e. The van der Waals surface area contributed by atoms with Crippen molar-refractivity contribution in [2.75, 3.05) is 11.1 Å². The number of phenols is 1. The summed E-state index contributed by atoms with van der Waals surface area (Å²) in [5.41, 5.74) is 2.81. The van der Waals surface area contributed by atoms with Gasteiger partial charge in [-0.1, -0.05) is 19.3 Å². The van der Waals surface area contributed by atoms with E-state index in [9.17, 15) is 23.1 Å². The first kappa shape index (κ1) is 24.1. The molecular weight excluding hydrogens is 458 g/mol. The summed E-state index contributed by atoms with van der Waals surface area (Å²) in [5, 5.41) is 21.7. The number of carboxylic acid groups (broad SMARTS) is 1. The van der Waals surface area contributed by atoms with Crippen LogP contribution in [0.4, 0.5) is 5.69 Å². The van der Waals surface area contributed by atoms with Gasteiger partial charge in [-0.05, 0) is 74.3 Å². The Morgan fingerprint density at radius 3 is 2.47 bits per heavy atom. The van der Waals surface area contributed by atoms with Crippen LogP contribution in [0.25, 0.3) is 0 Å². The van der Waals surface area contributed by atoms with Gasteiger partial charge in [0, 0.05) is 17.3 Å². The molecule has 4 rings (SSSR count). The summed E-state index contributed by atoms with van der Waals surface area (Å²) < 4.78 is 32.3. The molecule has 9 heteroatoms. The zero-order valence-corrected chi connectivity index (χ0v) is 19.9. The van der Waals surface area contributed by atoms with Crippen molar-refractivity contribution in [3.8, 4) is 17.2 Å². The van der Waals surface area contributed by atoms with E-state index >= 15 is 0 Å². The Hall–Kier alpha value is -3.07. The van der Waals surface area contributed by atoms with Gasteiger partial charge in [0.2, 0.25) is 0 Å². The van der Waals surface area contributed by atoms with Crippen LogP contribution in [-0.2, 0) is 32.3 Å². The molecule has 3 N–H and O–H groups in total. The van der Waals surface area contributed by atoms with Gasteiger partial charge in [-0.2, -0.15) is 0 Å². The van der Waals surface area contributed by atoms with Crippen molar-refractivity contribution >= 4 is 27.4 Å². The first-order chi connectivity index (χ1) is 16.2. The highest BCUT2D eigenvalue weighted by Gasteiger charge is 2.27. The quantitative estimate of drug-likeness (QED) is 0.516. The molecule has 1 saturated carbocycles. The molecule has 0 aromatic heterocycles. The maximum atomic E-state index is 13.1. The van der Waals surface area contributed by atoms with E-state index in [1.807, 2.05) is 0 Å². The van der Waals surface area contributed by atoms with E-state index in [-0.39, 0.29) is 22.3 Å². The minimum absolute atomic E-state index is 0.0103. The molecule has 0 aliphatic heterocycles. The van der Waals surface area contributed by atoms with Gasteiger partial charge in [0.05, 0.1) is 5.75 Å². The summed E-state index contributed by atoms with van der Waals surface area (Å²) in [5.74, 6) is -2.00. The number of phenolic OH excluding ortho intramolecular Hbond substituents is 1. The van der Waals surface area contributed by atoms with Crippen molar-refractivity contribution in [2.45, 2.75) is 63.2 Å². The lowest BCUT2D eigenvalue weighted by Crippen LogP contribution is -2.22. The van der Waals surface area contributed by atoms with E-state index in [0.717, 1.165) is 49.7 Å². The largest absolute Gasteiger partial charge is 0.507 e. The lowest BCUT2D eigenvalue weighted by molar-refractivity contribution is -0.147. The van der Waals surface area contributed by atoms with Crippen LogP contribution in [0, 0.1) is 12.8 Å². The molecule has 8 nitrogen and oxygen atoms in total. The molecule has 0 bridgehead atoms. The fourth-order valence-corrected chi connectivity index (χ4v) is 6.82. The van der Waals surface area contributed by atoms with Crippen molar-refractivity contribution in [3.63, 3.8) is 0 Å². The van der Waals surface area contributed by atoms with E-state index in [4.69, 9.17) is 9.84 Å². The summed E-state index contributed by atoms with van der Waals surface area (Å²) in [7, 11) is -3.69. The molecule has 0 atom stereocenters. The van der Waals surface area contributed by atoms with E-state index in [1.165, 1.54) is 18.2 Å². The van der Waals surface area contributed by atoms with Crippen LogP contribution in [0.2, 0.25) is 0 Å². The minimum Gasteiger partial charge on any atom is -0.507 e. The van der Waals surface area contributed by atoms with Gasteiger partial charge >= 0.3 is 11.9 Å². The molecule has 2 aliphatic carbocycles. The molecule has 2 aromatic rings. The lowest BCUT2D eigenvalue weighted by Gasteiger charge is -2.22. The molecule has 0 unspecified atom stereocenters. The number of nitrogens with one attached hydrogen (secondary N) is 1. The lowest BCUT2D eigenvalue weighted by atomic mass is 9.91. The van der Waals surface area contributed by atoms with E-state index in [1.54, 1.807) is 13.0 Å². The van der Waals surface area contributed by atoms with Gasteiger partial charge in [0.25, 0.3) is 0 Å². The van der Waals surface area contributed by atoms with Gasteiger partial charge in [-0.25, -0.2) is 13.2 Å². The third-order valence-corrected chi connectivity index (χ3v) is 8.55. The number of carboxylic acids is 1. The average molecular weight is 488 g/mol. The molecular formula is C25H29NO7S. The Bertz CT molecular complexity index is 1230. The summed E-state index contributed by atoms with van der Waals surface area (Å²) in [6, 6.07) is 5.89. The molecule has 0 heterocycles. The van der Waals surface area contributed by atoms with Gasteiger partial charge in [0.1, 0.15) is 22.1 Å². The number of rotatable bonds is 6. The van der Waals surface area contributed by atoms with Crippen LogP contribution >= 0.6 is 0 Å². The Balaban J connectivity index is 1.63. The Morgan fingerprint density at radius 2 is 1.76 bits per heavy atom. The summed E-state index contributed by atoms with van der Waals surface area (Å²) in [6.07, 6.45) is 7.13. The van der Waals surface area contributed by atoms with Gasteiger partial charge in [0.15, 0.2) is 9.84 Å². The topological polar surface area (TPSA) is 130 Å². The number of aromatic hydroxyl groups is 1. The molecule has 1 fully saturated rings. The van der Waals surface area contributed by atoms with Crippen LogP contribution in [0.3, 0.4) is 0 Å². The zero-order chi connectivity index (χ0) is 24.5. The van der Waals surface area contributed by atoms with Gasteiger partial charge in [-0.3, -0.25) is 4.79 Å². The number of anilines is 1. The van der Waals surface area contributed by atoms with Gasteiger partial charge in [-0.15, -0.1) is 0 Å². The normalized spacial score (nSPS) is 16.1. The summed E-state index contributed by atoms with van der Waals surface area (Å²) in [4.78, 5) is 22.5. The number of aryl methyl sites for hydroxylation is 1. The van der Waals surface area contributed by atoms with E-state index in [0.29, 0.717) is 35.6 Å². The fourth-order valence-electron chi connectivity index (χ4n) is 5.01. The standard InChI is InChI=1S/C25H29NO7S/c1-15-12-20(26-24(28)25(29)30)18-8-5-9-19(18)23(15)33-17-10-11-21(27)22(13-17)34(31,32)14-16-6-3-2-4-7-16/h10-13,16,27H,2-9,14H2,1H3,(H,26,28)(H,29,30). The van der Waals surface area contributed by atoms with Crippen molar-refractivity contribution in [2.24, 2.45) is 5.92 Å². The second-order valence-corrected chi connectivity index (χ2v) is 11.2. The van der Waals surface area contributed by atoms with Crippen LogP contribution in [0.15, 0.2) is 29.2 Å². The SMILES string of the molecule is Cc1cc(NC(=O)C(=O)O)c2c(c1Oc1ccc(O)c(S(=O)(=O)CC3CCCCC3)c1)CCC2. The number of carbonyl (C=O) groups excluding carboxylic acids is 1. The van der Waals surface area contributed by atoms with Crippen molar-refractivity contribution in [3.05, 3.63) is 41.0 Å². The second kappa shape index (κ2) is 9.66. The minimum atomic E-state index is -3.69. The summed E-state index contributed by atoms with van der Waals surface area (Å²) >= 11 is 0. The predicted octanol–water partition coefficient (Wildman–Crippen LogP) is 4.36. The molecule has 0 radical (unpaired) electrons. The maximum absolute atomic E-state index is 13.1. The van der Waals surface area contributed by atoms with Gasteiger partial charge < -0.3 is 20.3 Å². The van der Waals surface area contributed by atoms with Crippen LogP contribution in [0.1, 0.15) is 55.2 Å². The number of hydrogen-bond acceptors (Lipinski definition) is 6. The molecule has 1 amide bonds. The molecule has 182 valence electrons. The number of aliphatic carboxylic acids is 1. The number of fused-ring (bicyclic) bond motifs is 1. The number of hydrogen-bond donors (Lipinski definition) is 3. The number of sulfone groups is 1. The first-order valence-electron chi connectivity index (χ1n) is 11.6. The number of amides is 1. The average Bonchev–Trinajstić information content (AvgIpc) is 3.28. The third-order valence-electron chi connectivity index (χ3n) is 6.64. The Labute approximate surface area is 198 Å². The van der Waals surface area contributed by atoms with Crippen molar-refractivity contribution in [1.29, 1.82) is 0 Å². The second-order valence-electron chi connectivity index (χ2n) is 9.16. The molecule has 2 aromatic carbocycles. The predicted molar refractivity (Wildman–Crippen MR) is 126 cm³/mol. The Morgan fingerprint density at radius 1 is 1.06 bits per heavy atom. The van der Waals surface area contributed by atoms with Crippen molar-refractivity contribution < 1.29 is 33.0 Å². The molecule has 0 saturated heterocycles. The smallest absolute Gasteiger partial charge is 0.394 e. The monoisotopic (exact) mass is 487 g/mol. The van der Waals surface area contributed by atoms with Crippen LogP contribution in [0.5, 0.6) is 17.2 Å². The number of carbonyl (C=O) groups is 2. The highest BCUT2D eigenvalue weighted by atomic mass is 32.2. The fraction of sp³-hybridized carbons (Fsp3) is 0.440.